The molecule has 1 aromatic heterocycles. The first-order valence-corrected chi connectivity index (χ1v) is 7.44. The highest BCUT2D eigenvalue weighted by Crippen LogP contribution is 2.43. The molecule has 1 aromatic rings. The van der Waals surface area contributed by atoms with E-state index in [2.05, 4.69) is 13.8 Å². The zero-order valence-corrected chi connectivity index (χ0v) is 11.7. The number of hydrogen-bond donors (Lipinski definition) is 1. The van der Waals surface area contributed by atoms with Crippen molar-refractivity contribution in [2.24, 2.45) is 11.1 Å². The second kappa shape index (κ2) is 4.41. The van der Waals surface area contributed by atoms with Gasteiger partial charge >= 0.3 is 0 Å². The molecule has 0 aliphatic heterocycles. The Bertz CT molecular complexity index is 438. The van der Waals surface area contributed by atoms with E-state index in [0.29, 0.717) is 17.9 Å². The summed E-state index contributed by atoms with van der Waals surface area (Å²) in [4.78, 5) is 0. The molecule has 0 atom stereocenters. The van der Waals surface area contributed by atoms with Crippen LogP contribution >= 0.6 is 0 Å². The van der Waals surface area contributed by atoms with E-state index in [4.69, 9.17) is 10.2 Å². The van der Waals surface area contributed by atoms with Gasteiger partial charge in [-0.2, -0.15) is 0 Å². The number of furan rings is 1. The second-order valence-corrected chi connectivity index (χ2v) is 6.87. The maximum absolute atomic E-state index is 6.27. The summed E-state index contributed by atoms with van der Waals surface area (Å²) in [6, 6.07) is 0. The van der Waals surface area contributed by atoms with Crippen molar-refractivity contribution in [3.05, 3.63) is 22.6 Å². The Kier molecular flexibility index (Phi) is 3.01. The van der Waals surface area contributed by atoms with Crippen LogP contribution in [0.25, 0.3) is 0 Å². The van der Waals surface area contributed by atoms with Crippen LogP contribution in [-0.4, -0.2) is 0 Å². The molecule has 1 fully saturated rings. The fourth-order valence-corrected chi connectivity index (χ4v) is 3.73. The molecular weight excluding hydrogens is 222 g/mol. The number of hydrogen-bond acceptors (Lipinski definition) is 2. The first kappa shape index (κ1) is 12.3. The summed E-state index contributed by atoms with van der Waals surface area (Å²) in [5, 5.41) is 0. The average Bonchev–Trinajstić information content (AvgIpc) is 2.92. The van der Waals surface area contributed by atoms with E-state index >= 15 is 0 Å². The van der Waals surface area contributed by atoms with Gasteiger partial charge in [0.25, 0.3) is 0 Å². The predicted octanol–water partition coefficient (Wildman–Crippen LogP) is 3.91. The summed E-state index contributed by atoms with van der Waals surface area (Å²) in [6.45, 7) is 5.34. The third-order valence-corrected chi connectivity index (χ3v) is 4.85. The molecule has 2 N–H and O–H groups in total. The topological polar surface area (TPSA) is 39.2 Å². The van der Waals surface area contributed by atoms with Crippen molar-refractivity contribution < 1.29 is 4.42 Å². The normalized spacial score (nSPS) is 23.3. The number of rotatable bonds is 2. The standard InChI is InChI=1S/C16H25NO/c1-16(2)8-7-12-13(10-17)15(18-14(12)9-16)11-5-3-4-6-11/h11H,3-10,17H2,1-2H3. The maximum atomic E-state index is 6.27. The Morgan fingerprint density at radius 3 is 2.67 bits per heavy atom. The van der Waals surface area contributed by atoms with Crippen molar-refractivity contribution >= 4 is 0 Å². The van der Waals surface area contributed by atoms with E-state index in [1.165, 1.54) is 54.8 Å². The number of fused-ring (bicyclic) bond motifs is 1. The summed E-state index contributed by atoms with van der Waals surface area (Å²) in [7, 11) is 0. The maximum Gasteiger partial charge on any atom is 0.112 e. The molecule has 1 saturated carbocycles. The molecule has 0 radical (unpaired) electrons. The minimum absolute atomic E-state index is 0.393. The van der Waals surface area contributed by atoms with Crippen molar-refractivity contribution in [3.63, 3.8) is 0 Å². The highest BCUT2D eigenvalue weighted by molar-refractivity contribution is 5.38. The monoisotopic (exact) mass is 247 g/mol. The van der Waals surface area contributed by atoms with Gasteiger partial charge in [0.05, 0.1) is 0 Å². The van der Waals surface area contributed by atoms with Crippen molar-refractivity contribution in [3.8, 4) is 0 Å². The molecule has 0 amide bonds. The highest BCUT2D eigenvalue weighted by Gasteiger charge is 2.33. The Balaban J connectivity index is 1.98. The van der Waals surface area contributed by atoms with E-state index in [-0.39, 0.29) is 0 Å². The molecule has 1 heterocycles. The quantitative estimate of drug-likeness (QED) is 0.860. The van der Waals surface area contributed by atoms with Gasteiger partial charge in [-0.05, 0) is 36.7 Å². The zero-order valence-electron chi connectivity index (χ0n) is 11.7. The Labute approximate surface area is 110 Å². The van der Waals surface area contributed by atoms with Gasteiger partial charge < -0.3 is 10.2 Å². The third kappa shape index (κ3) is 2.01. The second-order valence-electron chi connectivity index (χ2n) is 6.87. The molecule has 0 aromatic carbocycles. The van der Waals surface area contributed by atoms with Crippen LogP contribution in [0.5, 0.6) is 0 Å². The van der Waals surface area contributed by atoms with E-state index in [9.17, 15) is 0 Å². The fraction of sp³-hybridized carbons (Fsp3) is 0.750. The van der Waals surface area contributed by atoms with Crippen LogP contribution < -0.4 is 5.73 Å². The van der Waals surface area contributed by atoms with Crippen LogP contribution in [0, 0.1) is 5.41 Å². The van der Waals surface area contributed by atoms with Gasteiger partial charge in [-0.15, -0.1) is 0 Å². The van der Waals surface area contributed by atoms with E-state index < -0.39 is 0 Å². The number of nitrogens with two attached hydrogens (primary N) is 1. The lowest BCUT2D eigenvalue weighted by Crippen LogP contribution is -2.21. The minimum atomic E-state index is 0.393. The molecule has 2 nitrogen and oxygen atoms in total. The lowest BCUT2D eigenvalue weighted by Gasteiger charge is -2.28. The van der Waals surface area contributed by atoms with Crippen LogP contribution in [0.15, 0.2) is 4.42 Å². The molecule has 0 bridgehead atoms. The molecule has 100 valence electrons. The van der Waals surface area contributed by atoms with Gasteiger partial charge in [-0.3, -0.25) is 0 Å². The summed E-state index contributed by atoms with van der Waals surface area (Å²) in [6.07, 6.45) is 8.80. The summed E-state index contributed by atoms with van der Waals surface area (Å²) in [5.74, 6) is 3.14. The SMILES string of the molecule is CC1(C)CCc2c(oc(C3CCCC3)c2CN)C1. The van der Waals surface area contributed by atoms with Crippen molar-refractivity contribution in [2.45, 2.75) is 71.3 Å². The van der Waals surface area contributed by atoms with Gasteiger partial charge in [0.2, 0.25) is 0 Å². The first-order valence-electron chi connectivity index (χ1n) is 7.44. The van der Waals surface area contributed by atoms with E-state index in [1.54, 1.807) is 0 Å². The first-order chi connectivity index (χ1) is 8.61. The van der Waals surface area contributed by atoms with Crippen LogP contribution in [-0.2, 0) is 19.4 Å². The van der Waals surface area contributed by atoms with Crippen molar-refractivity contribution in [1.82, 2.24) is 0 Å². The molecular formula is C16H25NO. The van der Waals surface area contributed by atoms with Crippen molar-refractivity contribution in [2.75, 3.05) is 0 Å². The van der Waals surface area contributed by atoms with Gasteiger partial charge in [0.15, 0.2) is 0 Å². The molecule has 0 unspecified atom stereocenters. The summed E-state index contributed by atoms with van der Waals surface area (Å²) in [5.41, 5.74) is 9.20. The molecule has 18 heavy (non-hydrogen) atoms. The smallest absolute Gasteiger partial charge is 0.112 e. The van der Waals surface area contributed by atoms with Gasteiger partial charge in [-0.1, -0.05) is 26.7 Å². The molecule has 0 spiro atoms. The van der Waals surface area contributed by atoms with Gasteiger partial charge in [0, 0.05) is 24.4 Å². The molecule has 2 aliphatic carbocycles. The van der Waals surface area contributed by atoms with E-state index in [0.717, 1.165) is 12.8 Å². The predicted molar refractivity (Wildman–Crippen MR) is 73.6 cm³/mol. The fourth-order valence-electron chi connectivity index (χ4n) is 3.73. The van der Waals surface area contributed by atoms with Crippen LogP contribution in [0.3, 0.4) is 0 Å². The van der Waals surface area contributed by atoms with Gasteiger partial charge in [-0.25, -0.2) is 0 Å². The van der Waals surface area contributed by atoms with Crippen molar-refractivity contribution in [1.29, 1.82) is 0 Å². The molecule has 2 heteroatoms. The lowest BCUT2D eigenvalue weighted by atomic mass is 9.76. The summed E-state index contributed by atoms with van der Waals surface area (Å²) < 4.78 is 6.27. The molecule has 0 saturated heterocycles. The lowest BCUT2D eigenvalue weighted by molar-refractivity contribution is 0.277. The Hall–Kier alpha value is -0.760. The van der Waals surface area contributed by atoms with Crippen LogP contribution in [0.1, 0.15) is 74.5 Å². The zero-order chi connectivity index (χ0) is 12.8. The molecule has 3 rings (SSSR count). The Morgan fingerprint density at radius 1 is 1.28 bits per heavy atom. The largest absolute Gasteiger partial charge is 0.465 e. The van der Waals surface area contributed by atoms with Crippen LogP contribution in [0.4, 0.5) is 0 Å². The van der Waals surface area contributed by atoms with E-state index in [1.807, 2.05) is 0 Å². The van der Waals surface area contributed by atoms with Gasteiger partial charge in [0.1, 0.15) is 11.5 Å². The third-order valence-electron chi connectivity index (χ3n) is 4.85. The average molecular weight is 247 g/mol. The molecule has 2 aliphatic rings. The highest BCUT2D eigenvalue weighted by atomic mass is 16.3. The van der Waals surface area contributed by atoms with Crippen LogP contribution in [0.2, 0.25) is 0 Å². The minimum Gasteiger partial charge on any atom is -0.465 e. The Morgan fingerprint density at radius 2 is 2.00 bits per heavy atom. The summed E-state index contributed by atoms with van der Waals surface area (Å²) >= 11 is 0.